The number of benzene rings is 2. The van der Waals surface area contributed by atoms with Crippen molar-refractivity contribution in [3.05, 3.63) is 59.4 Å². The molecule has 0 fully saturated rings. The number of aliphatic hydroxyl groups is 1. The number of hydrogen-bond donors (Lipinski definition) is 1. The molecule has 1 nitrogen and oxygen atoms in total. The fourth-order valence-electron chi connectivity index (χ4n) is 1.94. The summed E-state index contributed by atoms with van der Waals surface area (Å²) in [6.07, 6.45) is 4.49. The second-order valence-electron chi connectivity index (χ2n) is 4.57. The highest BCUT2D eigenvalue weighted by molar-refractivity contribution is 5.64. The number of aryl methyl sites for hydroxylation is 1. The lowest BCUT2D eigenvalue weighted by Crippen LogP contribution is -2.07. The fourth-order valence-corrected chi connectivity index (χ4v) is 1.94. The summed E-state index contributed by atoms with van der Waals surface area (Å²) < 4.78 is 14.1. The lowest BCUT2D eigenvalue weighted by atomic mass is 10.00. The number of hydrogen-bond acceptors (Lipinski definition) is 1. The van der Waals surface area contributed by atoms with E-state index in [1.165, 1.54) is 6.07 Å². The molecule has 0 saturated carbocycles. The summed E-state index contributed by atoms with van der Waals surface area (Å²) in [5.74, 6) is 1.92. The highest BCUT2D eigenvalue weighted by Crippen LogP contribution is 2.24. The monoisotopic (exact) mass is 254 g/mol. The summed E-state index contributed by atoms with van der Waals surface area (Å²) >= 11 is 0. The number of terminal acetylenes is 1. The van der Waals surface area contributed by atoms with E-state index >= 15 is 0 Å². The molecule has 0 bridgehead atoms. The average Bonchev–Trinajstić information content (AvgIpc) is 2.40. The Kier molecular flexibility index (Phi) is 3.99. The first-order valence-corrected chi connectivity index (χ1v) is 6.10. The normalized spacial score (nSPS) is 11.9. The molecule has 0 radical (unpaired) electrons. The second kappa shape index (κ2) is 5.69. The van der Waals surface area contributed by atoms with Crippen LogP contribution in [-0.4, -0.2) is 11.2 Å². The Morgan fingerprint density at radius 1 is 1.21 bits per heavy atom. The topological polar surface area (TPSA) is 20.2 Å². The molecule has 96 valence electrons. The first-order valence-electron chi connectivity index (χ1n) is 6.10. The fraction of sp³-hybridized carbons (Fsp3) is 0.176. The molecule has 0 spiro atoms. The average molecular weight is 254 g/mol. The van der Waals surface area contributed by atoms with Crippen molar-refractivity contribution in [3.63, 3.8) is 0 Å². The van der Waals surface area contributed by atoms with Crippen molar-refractivity contribution < 1.29 is 9.50 Å². The van der Waals surface area contributed by atoms with Crippen LogP contribution in [0.15, 0.2) is 42.5 Å². The Balaban J connectivity index is 2.29. The highest BCUT2D eigenvalue weighted by atomic mass is 19.1. The summed E-state index contributed by atoms with van der Waals surface area (Å²) in [7, 11) is 0. The molecule has 0 aliphatic rings. The maximum absolute atomic E-state index is 14.1. The van der Waals surface area contributed by atoms with E-state index in [0.29, 0.717) is 11.1 Å². The molecule has 2 aromatic rings. The Morgan fingerprint density at radius 2 is 1.89 bits per heavy atom. The van der Waals surface area contributed by atoms with Gasteiger partial charge in [-0.2, -0.15) is 0 Å². The van der Waals surface area contributed by atoms with Crippen molar-refractivity contribution >= 4 is 0 Å². The van der Waals surface area contributed by atoms with Gasteiger partial charge in [-0.15, -0.1) is 6.42 Å². The van der Waals surface area contributed by atoms with Crippen molar-refractivity contribution in [1.29, 1.82) is 0 Å². The Bertz CT molecular complexity index is 608. The van der Waals surface area contributed by atoms with Crippen LogP contribution in [-0.2, 0) is 6.42 Å². The van der Waals surface area contributed by atoms with Gasteiger partial charge in [0.1, 0.15) is 11.9 Å². The van der Waals surface area contributed by atoms with Crippen molar-refractivity contribution in [2.75, 3.05) is 0 Å². The summed E-state index contributed by atoms with van der Waals surface area (Å²) in [5.41, 5.74) is 3.22. The standard InChI is InChI=1S/C17H15FO/c1-3-15(19)10-13-6-9-16(17(18)11-13)14-7-4-12(2)5-8-14/h1,4-9,11,15,19H,10H2,2H3. The Hall–Kier alpha value is -2.11. The van der Waals surface area contributed by atoms with E-state index in [0.717, 1.165) is 11.1 Å². The quantitative estimate of drug-likeness (QED) is 0.833. The van der Waals surface area contributed by atoms with Crippen LogP contribution in [0.25, 0.3) is 11.1 Å². The molecular weight excluding hydrogens is 239 g/mol. The van der Waals surface area contributed by atoms with E-state index in [2.05, 4.69) is 5.92 Å². The van der Waals surface area contributed by atoms with Gasteiger partial charge in [-0.1, -0.05) is 47.9 Å². The van der Waals surface area contributed by atoms with Gasteiger partial charge in [0.15, 0.2) is 0 Å². The van der Waals surface area contributed by atoms with Gasteiger partial charge in [-0.25, -0.2) is 4.39 Å². The smallest absolute Gasteiger partial charge is 0.131 e. The lowest BCUT2D eigenvalue weighted by molar-refractivity contribution is 0.233. The van der Waals surface area contributed by atoms with Crippen LogP contribution < -0.4 is 0 Å². The van der Waals surface area contributed by atoms with Crippen LogP contribution in [0, 0.1) is 25.1 Å². The van der Waals surface area contributed by atoms with Crippen molar-refractivity contribution in [2.24, 2.45) is 0 Å². The van der Waals surface area contributed by atoms with Gasteiger partial charge in [0.05, 0.1) is 0 Å². The largest absolute Gasteiger partial charge is 0.380 e. The predicted octanol–water partition coefficient (Wildman–Crippen LogP) is 3.34. The molecular formula is C17H15FO. The third kappa shape index (κ3) is 3.21. The van der Waals surface area contributed by atoms with Crippen LogP contribution in [0.5, 0.6) is 0 Å². The van der Waals surface area contributed by atoms with Gasteiger partial charge in [0.25, 0.3) is 0 Å². The zero-order valence-corrected chi connectivity index (χ0v) is 10.7. The minimum Gasteiger partial charge on any atom is -0.380 e. The van der Waals surface area contributed by atoms with E-state index < -0.39 is 6.10 Å². The first kappa shape index (κ1) is 13.3. The van der Waals surface area contributed by atoms with E-state index in [9.17, 15) is 9.50 Å². The van der Waals surface area contributed by atoms with Crippen LogP contribution in [0.1, 0.15) is 11.1 Å². The van der Waals surface area contributed by atoms with Crippen molar-refractivity contribution in [1.82, 2.24) is 0 Å². The molecule has 1 unspecified atom stereocenters. The molecule has 1 N–H and O–H groups in total. The van der Waals surface area contributed by atoms with E-state index in [-0.39, 0.29) is 12.2 Å². The SMILES string of the molecule is C#CC(O)Cc1ccc(-c2ccc(C)cc2)c(F)c1. The lowest BCUT2D eigenvalue weighted by Gasteiger charge is -2.08. The van der Waals surface area contributed by atoms with E-state index in [1.807, 2.05) is 31.2 Å². The predicted molar refractivity (Wildman–Crippen MR) is 75.1 cm³/mol. The summed E-state index contributed by atoms with van der Waals surface area (Å²) in [5, 5.41) is 9.36. The first-order chi connectivity index (χ1) is 9.10. The molecule has 2 heteroatoms. The zero-order valence-electron chi connectivity index (χ0n) is 10.7. The van der Waals surface area contributed by atoms with Gasteiger partial charge < -0.3 is 5.11 Å². The molecule has 1 atom stereocenters. The summed E-state index contributed by atoms with van der Waals surface area (Å²) in [6.45, 7) is 1.99. The van der Waals surface area contributed by atoms with Gasteiger partial charge in [0, 0.05) is 12.0 Å². The molecule has 0 heterocycles. The van der Waals surface area contributed by atoms with Crippen molar-refractivity contribution in [3.8, 4) is 23.5 Å². The molecule has 0 aromatic heterocycles. The molecule has 0 aliphatic carbocycles. The Labute approximate surface area is 112 Å². The number of rotatable bonds is 3. The number of aliphatic hydroxyl groups excluding tert-OH is 1. The summed E-state index contributed by atoms with van der Waals surface area (Å²) in [4.78, 5) is 0. The van der Waals surface area contributed by atoms with Crippen LogP contribution >= 0.6 is 0 Å². The molecule has 19 heavy (non-hydrogen) atoms. The van der Waals surface area contributed by atoms with Gasteiger partial charge in [-0.3, -0.25) is 0 Å². The third-order valence-corrected chi connectivity index (χ3v) is 3.02. The third-order valence-electron chi connectivity index (χ3n) is 3.02. The Morgan fingerprint density at radius 3 is 2.47 bits per heavy atom. The molecule has 2 rings (SSSR count). The molecule has 0 aliphatic heterocycles. The van der Waals surface area contributed by atoms with Crippen LogP contribution in [0.3, 0.4) is 0 Å². The van der Waals surface area contributed by atoms with Gasteiger partial charge in [0.2, 0.25) is 0 Å². The molecule has 0 amide bonds. The second-order valence-corrected chi connectivity index (χ2v) is 4.57. The minimum absolute atomic E-state index is 0.265. The van der Waals surface area contributed by atoms with Crippen molar-refractivity contribution in [2.45, 2.75) is 19.4 Å². The van der Waals surface area contributed by atoms with Gasteiger partial charge in [-0.05, 0) is 24.1 Å². The molecule has 0 saturated heterocycles. The minimum atomic E-state index is -0.871. The van der Waals surface area contributed by atoms with Crippen LogP contribution in [0.4, 0.5) is 4.39 Å². The molecule has 2 aromatic carbocycles. The van der Waals surface area contributed by atoms with Crippen LogP contribution in [0.2, 0.25) is 0 Å². The van der Waals surface area contributed by atoms with Gasteiger partial charge >= 0.3 is 0 Å². The zero-order chi connectivity index (χ0) is 13.8. The highest BCUT2D eigenvalue weighted by Gasteiger charge is 2.08. The number of halogens is 1. The summed E-state index contributed by atoms with van der Waals surface area (Å²) in [6, 6.07) is 12.6. The maximum atomic E-state index is 14.1. The van der Waals surface area contributed by atoms with E-state index in [1.54, 1.807) is 12.1 Å². The van der Waals surface area contributed by atoms with E-state index in [4.69, 9.17) is 6.42 Å². The maximum Gasteiger partial charge on any atom is 0.131 e.